The average Bonchev–Trinajstić information content (AvgIpc) is 3.34. The Morgan fingerprint density at radius 1 is 0.935 bits per heavy atom. The number of nitrogens with one attached hydrogen (secondary N) is 2. The summed E-state index contributed by atoms with van der Waals surface area (Å²) in [6.45, 7) is 2.01. The molecular formula is C24H22FN5O. The Balaban J connectivity index is 1.52. The van der Waals surface area contributed by atoms with Crippen molar-refractivity contribution in [2.45, 2.75) is 19.0 Å². The number of halogens is 1. The first kappa shape index (κ1) is 20.4. The van der Waals surface area contributed by atoms with Crippen LogP contribution in [0.25, 0.3) is 5.69 Å². The van der Waals surface area contributed by atoms with Crippen LogP contribution >= 0.6 is 0 Å². The van der Waals surface area contributed by atoms with Crippen LogP contribution in [0.15, 0.2) is 91.5 Å². The minimum absolute atomic E-state index is 0.103. The molecule has 4 rings (SSSR count). The van der Waals surface area contributed by atoms with Gasteiger partial charge in [0.25, 0.3) is 0 Å². The van der Waals surface area contributed by atoms with E-state index in [9.17, 15) is 9.18 Å². The van der Waals surface area contributed by atoms with Gasteiger partial charge in [0.2, 0.25) is 5.91 Å². The first-order valence-corrected chi connectivity index (χ1v) is 9.92. The number of hydrogen-bond donors (Lipinski definition) is 2. The second kappa shape index (κ2) is 9.32. The molecule has 1 amide bonds. The van der Waals surface area contributed by atoms with E-state index in [1.807, 2.05) is 61.5 Å². The average molecular weight is 415 g/mol. The third kappa shape index (κ3) is 5.02. The maximum atomic E-state index is 13.2. The van der Waals surface area contributed by atoms with Crippen LogP contribution in [0.5, 0.6) is 0 Å². The molecule has 0 fully saturated rings. The molecule has 0 spiro atoms. The maximum Gasteiger partial charge on any atom is 0.246 e. The van der Waals surface area contributed by atoms with Gasteiger partial charge in [0.1, 0.15) is 24.5 Å². The lowest BCUT2D eigenvalue weighted by atomic mass is 10.0. The van der Waals surface area contributed by atoms with Crippen LogP contribution in [0.2, 0.25) is 0 Å². The highest BCUT2D eigenvalue weighted by molar-refractivity contribution is 5.95. The van der Waals surface area contributed by atoms with Crippen molar-refractivity contribution in [3.63, 3.8) is 0 Å². The summed E-state index contributed by atoms with van der Waals surface area (Å²) in [6.07, 6.45) is 3.13. The van der Waals surface area contributed by atoms with Crippen molar-refractivity contribution in [1.29, 1.82) is 0 Å². The Hall–Kier alpha value is -3.84. The Kier molecular flexibility index (Phi) is 6.14. The number of rotatable bonds is 7. The number of anilines is 1. The van der Waals surface area contributed by atoms with Crippen LogP contribution in [0.1, 0.15) is 30.1 Å². The predicted octanol–water partition coefficient (Wildman–Crippen LogP) is 4.44. The summed E-state index contributed by atoms with van der Waals surface area (Å²) in [4.78, 5) is 17.1. The number of carbonyl (C=O) groups is 1. The second-order valence-corrected chi connectivity index (χ2v) is 7.16. The Bertz CT molecular complexity index is 1110. The fourth-order valence-corrected chi connectivity index (χ4v) is 3.32. The number of carbonyl (C=O) groups excluding carboxylic acids is 1. The molecule has 1 heterocycles. The molecule has 0 aliphatic carbocycles. The van der Waals surface area contributed by atoms with Crippen LogP contribution < -0.4 is 10.6 Å². The highest BCUT2D eigenvalue weighted by atomic mass is 19.1. The van der Waals surface area contributed by atoms with Crippen LogP contribution in [0.3, 0.4) is 0 Å². The van der Waals surface area contributed by atoms with Gasteiger partial charge in [-0.25, -0.2) is 14.1 Å². The van der Waals surface area contributed by atoms with Crippen LogP contribution in [-0.4, -0.2) is 20.7 Å². The minimum atomic E-state index is -0.587. The lowest BCUT2D eigenvalue weighted by Gasteiger charge is -2.24. The van der Waals surface area contributed by atoms with Crippen molar-refractivity contribution >= 4 is 11.6 Å². The number of benzene rings is 3. The number of hydrogen-bond acceptors (Lipinski definition) is 4. The third-order valence-electron chi connectivity index (χ3n) is 5.00. The normalized spacial score (nSPS) is 12.8. The molecule has 0 aliphatic rings. The Morgan fingerprint density at radius 2 is 1.65 bits per heavy atom. The third-order valence-corrected chi connectivity index (χ3v) is 5.00. The first-order valence-electron chi connectivity index (χ1n) is 9.92. The van der Waals surface area contributed by atoms with Crippen LogP contribution in [0.4, 0.5) is 10.1 Å². The largest absolute Gasteiger partial charge is 0.324 e. The van der Waals surface area contributed by atoms with Gasteiger partial charge in [0.05, 0.1) is 5.69 Å². The monoisotopic (exact) mass is 415 g/mol. The molecule has 6 nitrogen and oxygen atoms in total. The summed E-state index contributed by atoms with van der Waals surface area (Å²) >= 11 is 0. The van der Waals surface area contributed by atoms with Gasteiger partial charge in [0, 0.05) is 11.7 Å². The molecule has 1 aromatic heterocycles. The van der Waals surface area contributed by atoms with E-state index in [2.05, 4.69) is 20.7 Å². The molecule has 7 heteroatoms. The molecule has 31 heavy (non-hydrogen) atoms. The molecule has 0 aliphatic heterocycles. The molecule has 0 saturated heterocycles. The van der Waals surface area contributed by atoms with E-state index in [1.165, 1.54) is 18.5 Å². The molecule has 2 N–H and O–H groups in total. The topological polar surface area (TPSA) is 71.8 Å². The Labute approximate surface area is 179 Å². The lowest BCUT2D eigenvalue weighted by molar-refractivity contribution is -0.118. The van der Waals surface area contributed by atoms with Gasteiger partial charge in [0.15, 0.2) is 0 Å². The highest BCUT2D eigenvalue weighted by Gasteiger charge is 2.23. The van der Waals surface area contributed by atoms with Gasteiger partial charge >= 0.3 is 0 Å². The molecule has 4 aromatic rings. The second-order valence-electron chi connectivity index (χ2n) is 7.16. The highest BCUT2D eigenvalue weighted by Crippen LogP contribution is 2.22. The van der Waals surface area contributed by atoms with E-state index in [0.29, 0.717) is 5.69 Å². The molecule has 0 saturated carbocycles. The van der Waals surface area contributed by atoms with Gasteiger partial charge in [-0.15, -0.1) is 0 Å². The molecule has 0 bridgehead atoms. The molecule has 2 unspecified atom stereocenters. The molecule has 156 valence electrons. The zero-order chi connectivity index (χ0) is 21.6. The van der Waals surface area contributed by atoms with Crippen molar-refractivity contribution in [2.75, 3.05) is 5.32 Å². The van der Waals surface area contributed by atoms with Crippen molar-refractivity contribution in [3.05, 3.63) is 108 Å². The standard InChI is InChI=1S/C24H22FN5O/c1-17(18-7-13-22(14-8-18)30-16-26-15-27-30)28-23(19-5-3-2-4-6-19)24(31)29-21-11-9-20(25)10-12-21/h2-17,23,28H,1H3,(H,29,31). The van der Waals surface area contributed by atoms with E-state index in [1.54, 1.807) is 23.1 Å². The van der Waals surface area contributed by atoms with Crippen LogP contribution in [0, 0.1) is 5.82 Å². The molecule has 0 radical (unpaired) electrons. The van der Waals surface area contributed by atoms with E-state index in [4.69, 9.17) is 0 Å². The summed E-state index contributed by atoms with van der Waals surface area (Å²) in [5.41, 5.74) is 3.31. The van der Waals surface area contributed by atoms with E-state index in [-0.39, 0.29) is 17.8 Å². The van der Waals surface area contributed by atoms with Crippen molar-refractivity contribution < 1.29 is 9.18 Å². The van der Waals surface area contributed by atoms with Crippen molar-refractivity contribution in [3.8, 4) is 5.69 Å². The summed E-state index contributed by atoms with van der Waals surface area (Å²) in [5.74, 6) is -0.567. The molecular weight excluding hydrogens is 393 g/mol. The molecule has 2 atom stereocenters. The van der Waals surface area contributed by atoms with Gasteiger partial charge in [-0.2, -0.15) is 5.10 Å². The molecule has 3 aromatic carbocycles. The van der Waals surface area contributed by atoms with Crippen molar-refractivity contribution in [1.82, 2.24) is 20.1 Å². The number of amides is 1. The zero-order valence-electron chi connectivity index (χ0n) is 16.9. The van der Waals surface area contributed by atoms with Gasteiger partial charge in [-0.1, -0.05) is 42.5 Å². The summed E-state index contributed by atoms with van der Waals surface area (Å²) in [7, 11) is 0. The quantitative estimate of drug-likeness (QED) is 0.468. The van der Waals surface area contributed by atoms with E-state index < -0.39 is 6.04 Å². The minimum Gasteiger partial charge on any atom is -0.324 e. The zero-order valence-corrected chi connectivity index (χ0v) is 16.9. The maximum absolute atomic E-state index is 13.2. The summed E-state index contributed by atoms with van der Waals surface area (Å²) < 4.78 is 14.9. The Morgan fingerprint density at radius 3 is 2.29 bits per heavy atom. The number of aromatic nitrogens is 3. The summed E-state index contributed by atoms with van der Waals surface area (Å²) in [5, 5.41) is 10.4. The lowest BCUT2D eigenvalue weighted by Crippen LogP contribution is -2.34. The van der Waals surface area contributed by atoms with E-state index in [0.717, 1.165) is 16.8 Å². The fourth-order valence-electron chi connectivity index (χ4n) is 3.32. The SMILES string of the molecule is CC(NC(C(=O)Nc1ccc(F)cc1)c1ccccc1)c1ccc(-n2cncn2)cc1. The van der Waals surface area contributed by atoms with Crippen molar-refractivity contribution in [2.24, 2.45) is 0 Å². The van der Waals surface area contributed by atoms with Crippen LogP contribution in [-0.2, 0) is 4.79 Å². The van der Waals surface area contributed by atoms with E-state index >= 15 is 0 Å². The predicted molar refractivity (Wildman–Crippen MR) is 117 cm³/mol. The first-order chi connectivity index (χ1) is 15.1. The van der Waals surface area contributed by atoms with Gasteiger partial charge < -0.3 is 5.32 Å². The summed E-state index contributed by atoms with van der Waals surface area (Å²) in [6, 6.07) is 22.4. The number of nitrogens with zero attached hydrogens (tertiary/aromatic N) is 3. The van der Waals surface area contributed by atoms with Gasteiger partial charge in [-0.3, -0.25) is 10.1 Å². The fraction of sp³-hybridized carbons (Fsp3) is 0.125. The van der Waals surface area contributed by atoms with Gasteiger partial charge in [-0.05, 0) is 54.4 Å². The smallest absolute Gasteiger partial charge is 0.246 e.